The molecule has 0 saturated carbocycles. The topological polar surface area (TPSA) is 73.0 Å². The summed E-state index contributed by atoms with van der Waals surface area (Å²) >= 11 is 0. The van der Waals surface area contributed by atoms with E-state index in [9.17, 15) is 4.79 Å². The van der Waals surface area contributed by atoms with Gasteiger partial charge >= 0.3 is 0 Å². The molecule has 2 heterocycles. The van der Waals surface area contributed by atoms with Crippen molar-refractivity contribution in [1.29, 1.82) is 0 Å². The average molecular weight is 206 g/mol. The fraction of sp³-hybridized carbons (Fsp3) is 0.222. The summed E-state index contributed by atoms with van der Waals surface area (Å²) in [6.07, 6.45) is 4.64. The Morgan fingerprint density at radius 2 is 2.47 bits per heavy atom. The second-order valence-corrected chi connectivity index (χ2v) is 3.04. The lowest BCUT2D eigenvalue weighted by atomic mass is 10.4. The number of aryl methyl sites for hydroxylation is 1. The molecule has 0 saturated heterocycles. The van der Waals surface area contributed by atoms with Gasteiger partial charge < -0.3 is 14.4 Å². The number of hydrogen-bond acceptors (Lipinski definition) is 5. The first-order valence-corrected chi connectivity index (χ1v) is 4.42. The molecule has 15 heavy (non-hydrogen) atoms. The molecule has 0 atom stereocenters. The highest BCUT2D eigenvalue weighted by atomic mass is 16.5. The summed E-state index contributed by atoms with van der Waals surface area (Å²) in [7, 11) is 1.67. The van der Waals surface area contributed by atoms with Gasteiger partial charge in [-0.15, -0.1) is 0 Å². The van der Waals surface area contributed by atoms with Gasteiger partial charge in [0.25, 0.3) is 5.56 Å². The van der Waals surface area contributed by atoms with Crippen molar-refractivity contribution >= 4 is 5.82 Å². The van der Waals surface area contributed by atoms with Crippen LogP contribution in [0.4, 0.5) is 5.82 Å². The highest BCUT2D eigenvalue weighted by Crippen LogP contribution is 1.98. The van der Waals surface area contributed by atoms with E-state index < -0.39 is 0 Å². The summed E-state index contributed by atoms with van der Waals surface area (Å²) in [6, 6.07) is 1.72. The molecule has 0 aliphatic carbocycles. The van der Waals surface area contributed by atoms with Crippen LogP contribution in [0, 0.1) is 0 Å². The number of nitrogens with one attached hydrogen (secondary N) is 1. The van der Waals surface area contributed by atoms with E-state index in [4.69, 9.17) is 0 Å². The number of anilines is 1. The Balaban J connectivity index is 2.12. The normalized spacial score (nSPS) is 10.2. The Morgan fingerprint density at radius 3 is 3.20 bits per heavy atom. The molecule has 0 bridgehead atoms. The van der Waals surface area contributed by atoms with Gasteiger partial charge in [0, 0.05) is 25.5 Å². The van der Waals surface area contributed by atoms with Gasteiger partial charge in [-0.05, 0) is 0 Å². The Morgan fingerprint density at radius 1 is 1.60 bits per heavy atom. The molecule has 0 aromatic carbocycles. The van der Waals surface area contributed by atoms with Gasteiger partial charge in [-0.25, -0.2) is 4.98 Å². The quantitative estimate of drug-likeness (QED) is 0.785. The first kappa shape index (κ1) is 9.45. The minimum atomic E-state index is -0.166. The largest absolute Gasteiger partial charge is 0.364 e. The van der Waals surface area contributed by atoms with E-state index in [2.05, 4.69) is 20.0 Å². The minimum Gasteiger partial charge on any atom is -0.364 e. The van der Waals surface area contributed by atoms with E-state index in [1.807, 2.05) is 0 Å². The van der Waals surface area contributed by atoms with Gasteiger partial charge in [-0.1, -0.05) is 5.16 Å². The summed E-state index contributed by atoms with van der Waals surface area (Å²) in [5, 5.41) is 6.60. The Labute approximate surface area is 85.5 Å². The molecule has 6 heteroatoms. The number of aromatic nitrogens is 3. The maximum Gasteiger partial charge on any atom is 0.293 e. The van der Waals surface area contributed by atoms with Gasteiger partial charge in [0.05, 0.1) is 6.54 Å². The molecule has 0 fully saturated rings. The summed E-state index contributed by atoms with van der Waals surface area (Å²) in [4.78, 5) is 15.5. The van der Waals surface area contributed by atoms with Crippen molar-refractivity contribution in [1.82, 2.24) is 14.7 Å². The van der Waals surface area contributed by atoms with E-state index in [1.165, 1.54) is 10.8 Å². The van der Waals surface area contributed by atoms with Crippen molar-refractivity contribution in [3.05, 3.63) is 40.8 Å². The van der Waals surface area contributed by atoms with Crippen molar-refractivity contribution in [2.24, 2.45) is 7.05 Å². The lowest BCUT2D eigenvalue weighted by molar-refractivity contribution is 0.412. The lowest BCUT2D eigenvalue weighted by Crippen LogP contribution is -2.21. The first-order valence-electron chi connectivity index (χ1n) is 4.42. The van der Waals surface area contributed by atoms with Crippen LogP contribution in [0.3, 0.4) is 0 Å². The van der Waals surface area contributed by atoms with Crippen LogP contribution >= 0.6 is 0 Å². The molecule has 0 amide bonds. The number of nitrogens with zero attached hydrogens (tertiary/aromatic N) is 3. The van der Waals surface area contributed by atoms with E-state index in [-0.39, 0.29) is 5.56 Å². The van der Waals surface area contributed by atoms with Crippen molar-refractivity contribution in [3.63, 3.8) is 0 Å². The molecule has 0 spiro atoms. The second kappa shape index (κ2) is 3.95. The summed E-state index contributed by atoms with van der Waals surface area (Å²) in [6.45, 7) is 0.419. The zero-order chi connectivity index (χ0) is 10.7. The van der Waals surface area contributed by atoms with Crippen molar-refractivity contribution in [3.8, 4) is 0 Å². The van der Waals surface area contributed by atoms with Gasteiger partial charge in [0.1, 0.15) is 12.0 Å². The lowest BCUT2D eigenvalue weighted by Gasteiger charge is -2.03. The molecule has 0 unspecified atom stereocenters. The van der Waals surface area contributed by atoms with Crippen LogP contribution in [0.15, 0.2) is 34.0 Å². The van der Waals surface area contributed by atoms with Crippen LogP contribution in [0.2, 0.25) is 0 Å². The fourth-order valence-corrected chi connectivity index (χ4v) is 1.12. The van der Waals surface area contributed by atoms with Crippen LogP contribution in [-0.2, 0) is 13.6 Å². The molecule has 78 valence electrons. The van der Waals surface area contributed by atoms with E-state index in [1.54, 1.807) is 25.5 Å². The predicted molar refractivity (Wildman–Crippen MR) is 53.3 cm³/mol. The maximum absolute atomic E-state index is 11.5. The highest BCUT2D eigenvalue weighted by Gasteiger charge is 2.02. The fourth-order valence-electron chi connectivity index (χ4n) is 1.12. The predicted octanol–water partition coefficient (Wildman–Crippen LogP) is 0.380. The number of rotatable bonds is 3. The third-order valence-electron chi connectivity index (χ3n) is 1.95. The zero-order valence-electron chi connectivity index (χ0n) is 8.17. The van der Waals surface area contributed by atoms with Gasteiger partial charge in [-0.2, -0.15) is 0 Å². The van der Waals surface area contributed by atoms with Crippen molar-refractivity contribution in [2.45, 2.75) is 6.54 Å². The SMILES string of the molecule is Cn1ccnc(NCc2ccon2)c1=O. The molecular formula is C9H10N4O2. The summed E-state index contributed by atoms with van der Waals surface area (Å²) in [5.74, 6) is 0.308. The summed E-state index contributed by atoms with van der Waals surface area (Å²) < 4.78 is 6.12. The van der Waals surface area contributed by atoms with Crippen LogP contribution in [0.1, 0.15) is 5.69 Å². The average Bonchev–Trinajstić information content (AvgIpc) is 2.73. The molecule has 0 radical (unpaired) electrons. The molecule has 2 aromatic heterocycles. The first-order chi connectivity index (χ1) is 7.27. The molecule has 1 N–H and O–H groups in total. The minimum absolute atomic E-state index is 0.166. The van der Waals surface area contributed by atoms with Crippen molar-refractivity contribution < 1.29 is 4.52 Å². The molecule has 2 aromatic rings. The van der Waals surface area contributed by atoms with E-state index in [0.717, 1.165) is 5.69 Å². The van der Waals surface area contributed by atoms with Crippen LogP contribution in [0.5, 0.6) is 0 Å². The molecular weight excluding hydrogens is 196 g/mol. The van der Waals surface area contributed by atoms with E-state index >= 15 is 0 Å². The highest BCUT2D eigenvalue weighted by molar-refractivity contribution is 5.31. The maximum atomic E-state index is 11.5. The van der Waals surface area contributed by atoms with Crippen molar-refractivity contribution in [2.75, 3.05) is 5.32 Å². The monoisotopic (exact) mass is 206 g/mol. The Kier molecular flexibility index (Phi) is 2.49. The third-order valence-corrected chi connectivity index (χ3v) is 1.95. The third kappa shape index (κ3) is 2.04. The van der Waals surface area contributed by atoms with E-state index in [0.29, 0.717) is 12.4 Å². The number of hydrogen-bond donors (Lipinski definition) is 1. The standard InChI is InChI=1S/C9H10N4O2/c1-13-4-3-10-8(9(13)14)11-6-7-2-5-15-12-7/h2-5H,6H2,1H3,(H,10,11). The second-order valence-electron chi connectivity index (χ2n) is 3.04. The smallest absolute Gasteiger partial charge is 0.293 e. The Hall–Kier alpha value is -2.11. The van der Waals surface area contributed by atoms with Crippen LogP contribution < -0.4 is 10.9 Å². The van der Waals surface area contributed by atoms with Crippen LogP contribution in [-0.4, -0.2) is 14.7 Å². The molecule has 6 nitrogen and oxygen atoms in total. The van der Waals surface area contributed by atoms with Crippen LogP contribution in [0.25, 0.3) is 0 Å². The molecule has 0 aliphatic heterocycles. The Bertz CT molecular complexity index is 489. The van der Waals surface area contributed by atoms with Gasteiger partial charge in [-0.3, -0.25) is 4.79 Å². The van der Waals surface area contributed by atoms with Gasteiger partial charge in [0.15, 0.2) is 5.82 Å². The molecule has 2 rings (SSSR count). The summed E-state index contributed by atoms with van der Waals surface area (Å²) in [5.41, 5.74) is 0.559. The van der Waals surface area contributed by atoms with Gasteiger partial charge in [0.2, 0.25) is 0 Å². The zero-order valence-corrected chi connectivity index (χ0v) is 8.17. The molecule has 0 aliphatic rings.